The van der Waals surface area contributed by atoms with E-state index in [1.165, 1.54) is 11.8 Å². The molecule has 2 aromatic heterocycles. The third-order valence-corrected chi connectivity index (χ3v) is 4.43. The molecule has 2 aromatic rings. The van der Waals surface area contributed by atoms with Gasteiger partial charge >= 0.3 is 0 Å². The Morgan fingerprint density at radius 2 is 1.95 bits per heavy atom. The molecule has 0 spiro atoms. The summed E-state index contributed by atoms with van der Waals surface area (Å²) in [6.07, 6.45) is 0. The summed E-state index contributed by atoms with van der Waals surface area (Å²) in [5, 5.41) is 8.63. The predicted octanol–water partition coefficient (Wildman–Crippen LogP) is 0.995. The van der Waals surface area contributed by atoms with Crippen molar-refractivity contribution >= 4 is 23.4 Å². The maximum Gasteiger partial charge on any atom is 0.255 e. The van der Waals surface area contributed by atoms with Gasteiger partial charge in [0, 0.05) is 24.3 Å². The number of aromatic amines is 1. The molecule has 0 fully saturated rings. The Balaban J connectivity index is 2.26. The minimum atomic E-state index is -0.164. The first-order valence-corrected chi connectivity index (χ1v) is 7.83. The van der Waals surface area contributed by atoms with Crippen molar-refractivity contribution in [2.45, 2.75) is 32.9 Å². The minimum absolute atomic E-state index is 0.0700. The first kappa shape index (κ1) is 15.6. The third kappa shape index (κ3) is 2.94. The zero-order valence-corrected chi connectivity index (χ0v) is 13.5. The van der Waals surface area contributed by atoms with Crippen molar-refractivity contribution in [3.63, 3.8) is 0 Å². The number of hydrogen-bond acceptors (Lipinski definition) is 5. The van der Waals surface area contributed by atoms with Crippen LogP contribution in [0.4, 0.5) is 0 Å². The van der Waals surface area contributed by atoms with Crippen LogP contribution in [-0.2, 0) is 4.79 Å². The van der Waals surface area contributed by atoms with E-state index in [-0.39, 0.29) is 11.5 Å². The van der Waals surface area contributed by atoms with Crippen molar-refractivity contribution < 1.29 is 4.79 Å². The van der Waals surface area contributed by atoms with Gasteiger partial charge in [-0.05, 0) is 27.7 Å². The molecular formula is C13H19N5O2S. The summed E-state index contributed by atoms with van der Waals surface area (Å²) < 4.78 is 1.77. The van der Waals surface area contributed by atoms with Crippen LogP contribution in [-0.4, -0.2) is 49.2 Å². The van der Waals surface area contributed by atoms with Crippen LogP contribution in [0.5, 0.6) is 0 Å². The van der Waals surface area contributed by atoms with Crippen molar-refractivity contribution in [2.75, 3.05) is 18.8 Å². The maximum atomic E-state index is 12.0. The molecule has 0 atom stereocenters. The van der Waals surface area contributed by atoms with E-state index in [1.54, 1.807) is 16.2 Å². The van der Waals surface area contributed by atoms with Gasteiger partial charge in [-0.25, -0.2) is 0 Å². The largest absolute Gasteiger partial charge is 0.343 e. The molecule has 1 N–H and O–H groups in total. The number of aryl methyl sites for hydroxylation is 1. The summed E-state index contributed by atoms with van der Waals surface area (Å²) in [4.78, 5) is 28.2. The van der Waals surface area contributed by atoms with Crippen LogP contribution in [0.15, 0.2) is 9.95 Å². The number of thioether (sulfide) groups is 1. The van der Waals surface area contributed by atoms with Crippen molar-refractivity contribution in [2.24, 2.45) is 0 Å². The number of H-pyrrole nitrogens is 1. The standard InChI is InChI=1S/C13H19N5O2S/c1-5-17(6-2)10(19)7-21-13-16-15-12-14-11(20)8(3)9(4)18(12)13/h5-7H2,1-4H3,(H,14,15,20). The Hall–Kier alpha value is -1.83. The first-order chi connectivity index (χ1) is 9.99. The van der Waals surface area contributed by atoms with E-state index in [0.717, 1.165) is 5.69 Å². The number of nitrogens with zero attached hydrogens (tertiary/aromatic N) is 4. The average Bonchev–Trinajstić information content (AvgIpc) is 2.87. The van der Waals surface area contributed by atoms with Crippen LogP contribution in [0.3, 0.4) is 0 Å². The van der Waals surface area contributed by atoms with Crippen LogP contribution >= 0.6 is 11.8 Å². The number of nitrogens with one attached hydrogen (secondary N) is 1. The van der Waals surface area contributed by atoms with E-state index in [0.29, 0.717) is 35.3 Å². The van der Waals surface area contributed by atoms with Gasteiger partial charge in [-0.15, -0.1) is 10.2 Å². The van der Waals surface area contributed by atoms with Gasteiger partial charge in [-0.3, -0.25) is 19.0 Å². The number of carbonyl (C=O) groups is 1. The second-order valence-electron chi connectivity index (χ2n) is 4.66. The Bertz CT molecular complexity index is 717. The highest BCUT2D eigenvalue weighted by atomic mass is 32.2. The molecule has 2 heterocycles. The average molecular weight is 309 g/mol. The van der Waals surface area contributed by atoms with Crippen LogP contribution in [0, 0.1) is 13.8 Å². The lowest BCUT2D eigenvalue weighted by Crippen LogP contribution is -2.31. The number of fused-ring (bicyclic) bond motifs is 1. The van der Waals surface area contributed by atoms with Gasteiger partial charge in [-0.2, -0.15) is 0 Å². The molecule has 0 aliphatic heterocycles. The summed E-state index contributed by atoms with van der Waals surface area (Å²) in [7, 11) is 0. The topological polar surface area (TPSA) is 83.4 Å². The smallest absolute Gasteiger partial charge is 0.255 e. The van der Waals surface area contributed by atoms with Crippen LogP contribution in [0.25, 0.3) is 5.78 Å². The SMILES string of the molecule is CCN(CC)C(=O)CSc1nnc2[nH]c(=O)c(C)c(C)n12. The predicted molar refractivity (Wildman–Crippen MR) is 81.7 cm³/mol. The lowest BCUT2D eigenvalue weighted by Gasteiger charge is -2.17. The van der Waals surface area contributed by atoms with E-state index in [1.807, 2.05) is 20.8 Å². The van der Waals surface area contributed by atoms with Gasteiger partial charge in [0.1, 0.15) is 0 Å². The summed E-state index contributed by atoms with van der Waals surface area (Å²) in [5.74, 6) is 0.779. The molecule has 0 aliphatic carbocycles. The Morgan fingerprint density at radius 3 is 2.57 bits per heavy atom. The van der Waals surface area contributed by atoms with Gasteiger partial charge < -0.3 is 4.90 Å². The molecule has 0 saturated carbocycles. The molecular weight excluding hydrogens is 290 g/mol. The zero-order chi connectivity index (χ0) is 15.6. The van der Waals surface area contributed by atoms with Gasteiger partial charge in [0.2, 0.25) is 11.7 Å². The van der Waals surface area contributed by atoms with Crippen LogP contribution in [0.1, 0.15) is 25.1 Å². The van der Waals surface area contributed by atoms with E-state index in [2.05, 4.69) is 15.2 Å². The summed E-state index contributed by atoms with van der Waals surface area (Å²) in [5.41, 5.74) is 1.25. The minimum Gasteiger partial charge on any atom is -0.343 e. The summed E-state index contributed by atoms with van der Waals surface area (Å²) in [6.45, 7) is 8.90. The van der Waals surface area contributed by atoms with Crippen molar-refractivity contribution in [3.05, 3.63) is 21.6 Å². The van der Waals surface area contributed by atoms with E-state index in [4.69, 9.17) is 0 Å². The molecule has 0 saturated heterocycles. The molecule has 0 radical (unpaired) electrons. The number of rotatable bonds is 5. The fourth-order valence-electron chi connectivity index (χ4n) is 2.07. The Labute approximate surface area is 126 Å². The highest BCUT2D eigenvalue weighted by Crippen LogP contribution is 2.18. The quantitative estimate of drug-likeness (QED) is 0.833. The molecule has 0 bridgehead atoms. The van der Waals surface area contributed by atoms with Crippen molar-refractivity contribution in [3.8, 4) is 0 Å². The molecule has 114 valence electrons. The number of aromatic nitrogens is 4. The highest BCUT2D eigenvalue weighted by molar-refractivity contribution is 7.99. The number of amides is 1. The Morgan fingerprint density at radius 1 is 1.29 bits per heavy atom. The van der Waals surface area contributed by atoms with Crippen LogP contribution in [0.2, 0.25) is 0 Å². The first-order valence-electron chi connectivity index (χ1n) is 6.84. The molecule has 8 heteroatoms. The third-order valence-electron chi connectivity index (χ3n) is 3.52. The van der Waals surface area contributed by atoms with Gasteiger partial charge in [0.15, 0.2) is 5.16 Å². The molecule has 0 unspecified atom stereocenters. The molecule has 0 aliphatic rings. The van der Waals surface area contributed by atoms with Gasteiger partial charge in [0.05, 0.1) is 5.75 Å². The van der Waals surface area contributed by atoms with E-state index >= 15 is 0 Å². The summed E-state index contributed by atoms with van der Waals surface area (Å²) >= 11 is 1.33. The lowest BCUT2D eigenvalue weighted by atomic mass is 10.3. The maximum absolute atomic E-state index is 12.0. The van der Waals surface area contributed by atoms with E-state index in [9.17, 15) is 9.59 Å². The fourth-order valence-corrected chi connectivity index (χ4v) is 2.95. The van der Waals surface area contributed by atoms with Crippen molar-refractivity contribution in [1.82, 2.24) is 24.5 Å². The normalized spacial score (nSPS) is 11.0. The molecule has 1 amide bonds. The Kier molecular flexibility index (Phi) is 4.66. The fraction of sp³-hybridized carbons (Fsp3) is 0.538. The van der Waals surface area contributed by atoms with Gasteiger partial charge in [-0.1, -0.05) is 11.8 Å². The number of hydrogen-bond donors (Lipinski definition) is 1. The molecule has 21 heavy (non-hydrogen) atoms. The van der Waals surface area contributed by atoms with Gasteiger partial charge in [0.25, 0.3) is 5.56 Å². The monoisotopic (exact) mass is 309 g/mol. The van der Waals surface area contributed by atoms with E-state index < -0.39 is 0 Å². The molecule has 7 nitrogen and oxygen atoms in total. The second-order valence-corrected chi connectivity index (χ2v) is 5.60. The zero-order valence-electron chi connectivity index (χ0n) is 12.6. The highest BCUT2D eigenvalue weighted by Gasteiger charge is 2.15. The van der Waals surface area contributed by atoms with Crippen molar-refractivity contribution in [1.29, 1.82) is 0 Å². The lowest BCUT2D eigenvalue weighted by molar-refractivity contribution is -0.127. The second kappa shape index (κ2) is 6.30. The molecule has 2 rings (SSSR count). The summed E-state index contributed by atoms with van der Waals surface area (Å²) in [6, 6.07) is 0. The number of carbonyl (C=O) groups excluding carboxylic acids is 1. The van der Waals surface area contributed by atoms with Crippen LogP contribution < -0.4 is 5.56 Å². The molecule has 0 aromatic carbocycles.